The summed E-state index contributed by atoms with van der Waals surface area (Å²) in [5.41, 5.74) is 12.6. The largest absolute Gasteiger partial charge is 1.00 e. The molecule has 0 amide bonds. The smallest absolute Gasteiger partial charge is 0.660 e. The van der Waals surface area contributed by atoms with E-state index in [1.807, 2.05) is 0 Å². The van der Waals surface area contributed by atoms with Crippen molar-refractivity contribution in [3.63, 3.8) is 0 Å². The minimum absolute atomic E-state index is 0. The van der Waals surface area contributed by atoms with Gasteiger partial charge in [-0.1, -0.05) is 0 Å². The standard InChI is InChI=1S/C21H25N9O10P2S2.2Na/c22-16-8-1-2-29(18(8)26-5-24-16)20-13(32)14-10(38-20)4-36-42(34,44)40-15-12(31)9(3-35-41(33,43)39-14)37-21(15)30-7-28-11-17(23)25-6-27-19(11)30;;/h1-2,5-7,9-10,12-15,20-21,31-32H,3-4H2,(H,33,43)(H,34,44)(H2,22,24,26)(H2,23,25,27);;/q;2*+1/p-2/t9-,10-,12-,13-,14-,15-,20-,21-,41?,42?;;/m1../s1. The molecular weight excluding hydrogens is 710 g/mol. The molecule has 236 valence electrons. The molecule has 0 saturated carbocycles. The van der Waals surface area contributed by atoms with Gasteiger partial charge >= 0.3 is 59.1 Å². The molecule has 7 heterocycles. The molecule has 0 aromatic carbocycles. The number of hydrogen-bond donors (Lipinski definition) is 4. The average Bonchev–Trinajstić information content (AvgIpc) is 3.73. The number of imidazole rings is 1. The molecule has 4 aromatic heterocycles. The molecule has 3 aliphatic rings. The van der Waals surface area contributed by atoms with Gasteiger partial charge in [-0.3, -0.25) is 13.7 Å². The zero-order valence-electron chi connectivity index (χ0n) is 24.1. The Kier molecular flexibility index (Phi) is 11.3. The second kappa shape index (κ2) is 14.1. The topological polar surface area (TPSA) is 256 Å². The van der Waals surface area contributed by atoms with Crippen LogP contribution >= 0.6 is 13.6 Å². The summed E-state index contributed by atoms with van der Waals surface area (Å²) >= 11 is 10.3. The van der Waals surface area contributed by atoms with Crippen LogP contribution in [0.2, 0.25) is 0 Å². The molecular formula is C21H23N9Na2O10P2S2. The summed E-state index contributed by atoms with van der Waals surface area (Å²) < 4.78 is 63.9. The Balaban J connectivity index is 0.00000208. The van der Waals surface area contributed by atoms with E-state index in [2.05, 4.69) is 24.9 Å². The van der Waals surface area contributed by atoms with Gasteiger partial charge in [0.25, 0.3) is 0 Å². The molecule has 0 spiro atoms. The number of aliphatic hydroxyl groups is 2. The first-order chi connectivity index (χ1) is 20.9. The number of ether oxygens (including phenoxy) is 2. The van der Waals surface area contributed by atoms with Crippen molar-refractivity contribution < 1.29 is 106 Å². The average molecular weight is 734 g/mol. The van der Waals surface area contributed by atoms with Crippen molar-refractivity contribution in [2.45, 2.75) is 49.1 Å². The molecule has 6 N–H and O–H groups in total. The minimum atomic E-state index is -4.42. The molecule has 2 bridgehead atoms. The van der Waals surface area contributed by atoms with Crippen molar-refractivity contribution in [3.8, 4) is 0 Å². The first-order valence-electron chi connectivity index (χ1n) is 12.9. The summed E-state index contributed by atoms with van der Waals surface area (Å²) in [4.78, 5) is 20.4. The number of nitrogens with two attached hydrogens (primary N) is 2. The first kappa shape index (κ1) is 36.9. The fourth-order valence-electron chi connectivity index (χ4n) is 5.35. The van der Waals surface area contributed by atoms with Crippen molar-refractivity contribution in [1.29, 1.82) is 0 Å². The predicted molar refractivity (Wildman–Crippen MR) is 153 cm³/mol. The van der Waals surface area contributed by atoms with Crippen molar-refractivity contribution in [2.24, 2.45) is 0 Å². The van der Waals surface area contributed by atoms with E-state index in [1.165, 1.54) is 28.1 Å². The Hall–Kier alpha value is -0.390. The second-order valence-electron chi connectivity index (χ2n) is 10.0. The Labute approximate surface area is 314 Å². The van der Waals surface area contributed by atoms with Crippen molar-refractivity contribution in [1.82, 2.24) is 34.1 Å². The molecule has 0 radical (unpaired) electrons. The van der Waals surface area contributed by atoms with Gasteiger partial charge in [0.1, 0.15) is 66.3 Å². The maximum absolute atomic E-state index is 13.5. The molecule has 3 aliphatic heterocycles. The molecule has 4 aromatic rings. The van der Waals surface area contributed by atoms with Gasteiger partial charge in [0.2, 0.25) is 6.80 Å². The summed E-state index contributed by atoms with van der Waals surface area (Å²) in [7, 11) is 0. The first-order valence-corrected chi connectivity index (χ1v) is 18.0. The van der Waals surface area contributed by atoms with E-state index in [9.17, 15) is 19.3 Å². The van der Waals surface area contributed by atoms with Crippen LogP contribution in [0, 0.1) is 0 Å². The molecule has 3 fully saturated rings. The van der Waals surface area contributed by atoms with E-state index >= 15 is 0 Å². The Morgan fingerprint density at radius 2 is 1.39 bits per heavy atom. The molecule has 7 rings (SSSR count). The number of anilines is 2. The van der Waals surface area contributed by atoms with Gasteiger partial charge in [0, 0.05) is 6.20 Å². The monoisotopic (exact) mass is 733 g/mol. The fourth-order valence-corrected chi connectivity index (χ4v) is 8.18. The van der Waals surface area contributed by atoms with Gasteiger partial charge in [0.15, 0.2) is 30.7 Å². The van der Waals surface area contributed by atoms with Gasteiger partial charge in [-0.15, -0.1) is 0 Å². The van der Waals surface area contributed by atoms with Crippen LogP contribution in [-0.4, -0.2) is 94.1 Å². The number of nitrogens with zero attached hydrogens (tertiary/aromatic N) is 7. The van der Waals surface area contributed by atoms with E-state index in [0.29, 0.717) is 11.0 Å². The summed E-state index contributed by atoms with van der Waals surface area (Å²) in [5, 5.41) is 22.9. The van der Waals surface area contributed by atoms with Crippen molar-refractivity contribution >= 4 is 71.9 Å². The third kappa shape index (κ3) is 6.84. The Morgan fingerprint density at radius 3 is 2.11 bits per heavy atom. The van der Waals surface area contributed by atoms with Gasteiger partial charge in [-0.05, 0) is 6.07 Å². The van der Waals surface area contributed by atoms with Crippen LogP contribution in [0.4, 0.5) is 11.6 Å². The van der Waals surface area contributed by atoms with Gasteiger partial charge in [-0.2, -0.15) is 0 Å². The van der Waals surface area contributed by atoms with Gasteiger partial charge in [-0.25, -0.2) is 24.9 Å². The number of aromatic nitrogens is 7. The van der Waals surface area contributed by atoms with Crippen LogP contribution in [0.15, 0.2) is 31.2 Å². The summed E-state index contributed by atoms with van der Waals surface area (Å²) in [6.07, 6.45) is -5.38. The maximum atomic E-state index is 13.5. The number of nitrogen functional groups attached to an aromatic ring is 2. The molecule has 2 unspecified atom stereocenters. The van der Waals surface area contributed by atoms with Crippen LogP contribution in [0.1, 0.15) is 12.5 Å². The van der Waals surface area contributed by atoms with Crippen molar-refractivity contribution in [2.75, 3.05) is 24.7 Å². The van der Waals surface area contributed by atoms with E-state index in [-0.39, 0.29) is 81.9 Å². The predicted octanol–water partition coefficient (Wildman–Crippen LogP) is -5.91. The number of fused-ring (bicyclic) bond motifs is 5. The number of hydrogen-bond acceptors (Lipinski definition) is 19. The SMILES string of the molecule is Nc1ncnc2c1ccn2[C@@H]1O[C@@H]2COP(=O)([S-])O[C@@H]3[C@H](O)[C@@H](COP(=O)([S-])O[C@H]2[C@H]1O)O[C@H]3n1cnc2c(N)ncnc21.[Na+].[Na+]. The van der Waals surface area contributed by atoms with Gasteiger partial charge in [0.05, 0.1) is 24.9 Å². The third-order valence-electron chi connectivity index (χ3n) is 7.39. The maximum Gasteiger partial charge on any atom is 1.00 e. The van der Waals surface area contributed by atoms with Crippen molar-refractivity contribution in [3.05, 3.63) is 31.2 Å². The Bertz CT molecular complexity index is 1840. The van der Waals surface area contributed by atoms with E-state index in [1.54, 1.807) is 12.3 Å². The normalized spacial score (nSPS) is 36.6. The molecule has 25 heteroatoms. The van der Waals surface area contributed by atoms with Crippen LogP contribution in [0.25, 0.3) is 22.2 Å². The van der Waals surface area contributed by atoms with Gasteiger partial charge < -0.3 is 78.3 Å². The molecule has 10 atom stereocenters. The van der Waals surface area contributed by atoms with Crippen LogP contribution in [-0.2, 0) is 61.2 Å². The molecule has 0 aliphatic carbocycles. The minimum Gasteiger partial charge on any atom is -0.660 e. The van der Waals surface area contributed by atoms with Crippen LogP contribution < -0.4 is 70.6 Å². The quantitative estimate of drug-likeness (QED) is 0.0850. The van der Waals surface area contributed by atoms with Crippen LogP contribution in [0.5, 0.6) is 0 Å². The summed E-state index contributed by atoms with van der Waals surface area (Å²) in [6, 6.07) is 1.63. The van der Waals surface area contributed by atoms with E-state index < -0.39 is 75.9 Å². The van der Waals surface area contributed by atoms with Crippen LogP contribution in [0.3, 0.4) is 0 Å². The number of rotatable bonds is 2. The van der Waals surface area contributed by atoms with E-state index in [0.717, 1.165) is 0 Å². The summed E-state index contributed by atoms with van der Waals surface area (Å²) in [5.74, 6) is 0.289. The molecule has 46 heavy (non-hydrogen) atoms. The zero-order valence-corrected chi connectivity index (χ0v) is 31.5. The zero-order chi connectivity index (χ0) is 31.0. The number of aliphatic hydroxyl groups excluding tert-OH is 2. The fraction of sp³-hybridized carbons (Fsp3) is 0.476. The molecule has 3 saturated heterocycles. The Morgan fingerprint density at radius 1 is 0.783 bits per heavy atom. The molecule has 19 nitrogen and oxygen atoms in total. The second-order valence-corrected chi connectivity index (χ2v) is 15.4. The van der Waals surface area contributed by atoms with E-state index in [4.69, 9.17) is 63.5 Å². The third-order valence-corrected chi connectivity index (χ3v) is 10.5. The summed E-state index contributed by atoms with van der Waals surface area (Å²) in [6.45, 7) is -9.93.